The van der Waals surface area contributed by atoms with Gasteiger partial charge in [-0.1, -0.05) is 18.2 Å². The average Bonchev–Trinajstić information content (AvgIpc) is 2.81. The summed E-state index contributed by atoms with van der Waals surface area (Å²) in [6.45, 7) is 2.80. The first-order valence-corrected chi connectivity index (χ1v) is 5.62. The molecular formula is C12H19N3. The van der Waals surface area contributed by atoms with Gasteiger partial charge in [-0.25, -0.2) is 0 Å². The standard InChI is InChI=1S/C12H19N3/c13-9-11(14)10-5-1-2-6-12(10)15-7-3-4-8-15/h1-2,5-6,11H,3-4,7-9,13-14H2/t11-/m0/s1. The van der Waals surface area contributed by atoms with Crippen molar-refractivity contribution in [2.75, 3.05) is 24.5 Å². The minimum atomic E-state index is -0.0400. The number of nitrogens with zero attached hydrogens (tertiary/aromatic N) is 1. The zero-order valence-corrected chi connectivity index (χ0v) is 9.02. The molecule has 2 rings (SSSR count). The van der Waals surface area contributed by atoms with E-state index in [1.807, 2.05) is 6.07 Å². The summed E-state index contributed by atoms with van der Waals surface area (Å²) in [6.07, 6.45) is 2.57. The van der Waals surface area contributed by atoms with Crippen molar-refractivity contribution in [2.45, 2.75) is 18.9 Å². The molecule has 82 valence electrons. The maximum atomic E-state index is 6.01. The molecule has 1 aliphatic rings. The molecule has 1 atom stereocenters. The van der Waals surface area contributed by atoms with Gasteiger partial charge in [-0.2, -0.15) is 0 Å². The smallest absolute Gasteiger partial charge is 0.0440 e. The van der Waals surface area contributed by atoms with Crippen LogP contribution in [0.3, 0.4) is 0 Å². The van der Waals surface area contributed by atoms with Crippen LogP contribution in [-0.2, 0) is 0 Å². The van der Waals surface area contributed by atoms with Gasteiger partial charge in [-0.05, 0) is 24.5 Å². The summed E-state index contributed by atoms with van der Waals surface area (Å²) in [5.74, 6) is 0. The third-order valence-electron chi connectivity index (χ3n) is 3.04. The molecule has 1 saturated heterocycles. The fraction of sp³-hybridized carbons (Fsp3) is 0.500. The molecule has 1 aromatic carbocycles. The topological polar surface area (TPSA) is 55.3 Å². The molecule has 0 aliphatic carbocycles. The fourth-order valence-corrected chi connectivity index (χ4v) is 2.17. The van der Waals surface area contributed by atoms with Crippen LogP contribution in [0.4, 0.5) is 5.69 Å². The molecule has 1 fully saturated rings. The van der Waals surface area contributed by atoms with E-state index in [1.54, 1.807) is 0 Å². The van der Waals surface area contributed by atoms with Crippen molar-refractivity contribution >= 4 is 5.69 Å². The number of para-hydroxylation sites is 1. The van der Waals surface area contributed by atoms with Crippen LogP contribution in [0, 0.1) is 0 Å². The minimum absolute atomic E-state index is 0.0400. The molecule has 0 bridgehead atoms. The largest absolute Gasteiger partial charge is 0.371 e. The Morgan fingerprint density at radius 2 is 1.87 bits per heavy atom. The molecular weight excluding hydrogens is 186 g/mol. The molecule has 3 heteroatoms. The quantitative estimate of drug-likeness (QED) is 0.780. The van der Waals surface area contributed by atoms with Crippen molar-refractivity contribution < 1.29 is 0 Å². The van der Waals surface area contributed by atoms with Crippen LogP contribution in [0.15, 0.2) is 24.3 Å². The molecule has 1 heterocycles. The molecule has 1 aromatic rings. The Balaban J connectivity index is 2.28. The number of rotatable bonds is 3. The zero-order chi connectivity index (χ0) is 10.7. The number of anilines is 1. The maximum Gasteiger partial charge on any atom is 0.0440 e. The van der Waals surface area contributed by atoms with Crippen molar-refractivity contribution in [3.63, 3.8) is 0 Å². The van der Waals surface area contributed by atoms with E-state index in [0.29, 0.717) is 6.54 Å². The van der Waals surface area contributed by atoms with E-state index in [2.05, 4.69) is 23.1 Å². The Bertz CT molecular complexity index is 318. The lowest BCUT2D eigenvalue weighted by Crippen LogP contribution is -2.25. The summed E-state index contributed by atoms with van der Waals surface area (Å²) >= 11 is 0. The van der Waals surface area contributed by atoms with Crippen LogP contribution >= 0.6 is 0 Å². The molecule has 0 aromatic heterocycles. The molecule has 0 spiro atoms. The van der Waals surface area contributed by atoms with E-state index in [4.69, 9.17) is 11.5 Å². The highest BCUT2D eigenvalue weighted by atomic mass is 15.1. The lowest BCUT2D eigenvalue weighted by molar-refractivity contribution is 0.732. The van der Waals surface area contributed by atoms with Crippen molar-refractivity contribution in [2.24, 2.45) is 11.5 Å². The molecule has 0 saturated carbocycles. The highest BCUT2D eigenvalue weighted by Gasteiger charge is 2.17. The number of hydrogen-bond acceptors (Lipinski definition) is 3. The normalized spacial score (nSPS) is 18.1. The zero-order valence-electron chi connectivity index (χ0n) is 9.02. The summed E-state index contributed by atoms with van der Waals surface area (Å²) in [5, 5.41) is 0. The SMILES string of the molecule is NC[C@H](N)c1ccccc1N1CCCC1. The highest BCUT2D eigenvalue weighted by Crippen LogP contribution is 2.27. The Kier molecular flexibility index (Phi) is 3.23. The molecule has 15 heavy (non-hydrogen) atoms. The van der Waals surface area contributed by atoms with Crippen molar-refractivity contribution in [3.05, 3.63) is 29.8 Å². The van der Waals surface area contributed by atoms with Crippen LogP contribution < -0.4 is 16.4 Å². The van der Waals surface area contributed by atoms with Crippen LogP contribution in [-0.4, -0.2) is 19.6 Å². The van der Waals surface area contributed by atoms with Gasteiger partial charge in [0.2, 0.25) is 0 Å². The predicted molar refractivity (Wildman–Crippen MR) is 63.9 cm³/mol. The van der Waals surface area contributed by atoms with Crippen molar-refractivity contribution in [1.29, 1.82) is 0 Å². The third kappa shape index (κ3) is 2.13. The Morgan fingerprint density at radius 1 is 1.20 bits per heavy atom. The molecule has 3 nitrogen and oxygen atoms in total. The molecule has 0 unspecified atom stereocenters. The Morgan fingerprint density at radius 3 is 2.53 bits per heavy atom. The van der Waals surface area contributed by atoms with Crippen LogP contribution in [0.5, 0.6) is 0 Å². The number of benzene rings is 1. The van der Waals surface area contributed by atoms with E-state index in [9.17, 15) is 0 Å². The summed E-state index contributed by atoms with van der Waals surface area (Å²) in [4.78, 5) is 2.41. The third-order valence-corrected chi connectivity index (χ3v) is 3.04. The first-order chi connectivity index (χ1) is 7.33. The minimum Gasteiger partial charge on any atom is -0.371 e. The predicted octanol–water partition coefficient (Wildman–Crippen LogP) is 1.25. The Hall–Kier alpha value is -1.06. The summed E-state index contributed by atoms with van der Waals surface area (Å²) in [6, 6.07) is 8.30. The summed E-state index contributed by atoms with van der Waals surface area (Å²) in [7, 11) is 0. The highest BCUT2D eigenvalue weighted by molar-refractivity contribution is 5.55. The van der Waals surface area contributed by atoms with Gasteiger partial charge in [0.05, 0.1) is 0 Å². The monoisotopic (exact) mass is 205 g/mol. The summed E-state index contributed by atoms with van der Waals surface area (Å²) < 4.78 is 0. The van der Waals surface area contributed by atoms with Crippen LogP contribution in [0.2, 0.25) is 0 Å². The first kappa shape index (κ1) is 10.5. The van der Waals surface area contributed by atoms with E-state index in [0.717, 1.165) is 13.1 Å². The van der Waals surface area contributed by atoms with Gasteiger partial charge in [0.15, 0.2) is 0 Å². The fourth-order valence-electron chi connectivity index (χ4n) is 2.17. The first-order valence-electron chi connectivity index (χ1n) is 5.62. The van der Waals surface area contributed by atoms with E-state index < -0.39 is 0 Å². The van der Waals surface area contributed by atoms with Gasteiger partial charge < -0.3 is 16.4 Å². The molecule has 4 N–H and O–H groups in total. The van der Waals surface area contributed by atoms with Gasteiger partial charge in [0.1, 0.15) is 0 Å². The molecule has 0 amide bonds. The second-order valence-corrected chi connectivity index (χ2v) is 4.10. The van der Waals surface area contributed by atoms with E-state index >= 15 is 0 Å². The molecule has 1 aliphatic heterocycles. The number of nitrogens with two attached hydrogens (primary N) is 2. The molecule has 0 radical (unpaired) electrons. The lowest BCUT2D eigenvalue weighted by atomic mass is 10.0. The second-order valence-electron chi connectivity index (χ2n) is 4.10. The average molecular weight is 205 g/mol. The van der Waals surface area contributed by atoms with Gasteiger partial charge in [0, 0.05) is 31.4 Å². The van der Waals surface area contributed by atoms with E-state index in [1.165, 1.54) is 24.1 Å². The summed E-state index contributed by atoms with van der Waals surface area (Å²) in [5.41, 5.74) is 14.1. The van der Waals surface area contributed by atoms with Crippen LogP contribution in [0.1, 0.15) is 24.4 Å². The van der Waals surface area contributed by atoms with Crippen molar-refractivity contribution in [1.82, 2.24) is 0 Å². The van der Waals surface area contributed by atoms with Crippen LogP contribution in [0.25, 0.3) is 0 Å². The van der Waals surface area contributed by atoms with E-state index in [-0.39, 0.29) is 6.04 Å². The Labute approximate surface area is 91.1 Å². The van der Waals surface area contributed by atoms with Gasteiger partial charge >= 0.3 is 0 Å². The van der Waals surface area contributed by atoms with Gasteiger partial charge in [-0.15, -0.1) is 0 Å². The number of hydrogen-bond donors (Lipinski definition) is 2. The van der Waals surface area contributed by atoms with Gasteiger partial charge in [-0.3, -0.25) is 0 Å². The maximum absolute atomic E-state index is 6.01. The second kappa shape index (κ2) is 4.64. The lowest BCUT2D eigenvalue weighted by Gasteiger charge is -2.23. The van der Waals surface area contributed by atoms with Crippen molar-refractivity contribution in [3.8, 4) is 0 Å². The van der Waals surface area contributed by atoms with Gasteiger partial charge in [0.25, 0.3) is 0 Å².